The van der Waals surface area contributed by atoms with Gasteiger partial charge in [-0.05, 0) is 86.1 Å². The Morgan fingerprint density at radius 2 is 1.67 bits per heavy atom. The van der Waals surface area contributed by atoms with Gasteiger partial charge in [0.1, 0.15) is 6.54 Å². The number of fused-ring (bicyclic) bond motifs is 1. The zero-order valence-electron chi connectivity index (χ0n) is 21.7. The van der Waals surface area contributed by atoms with Gasteiger partial charge in [0.25, 0.3) is 10.0 Å². The molecule has 0 aromatic heterocycles. The van der Waals surface area contributed by atoms with E-state index in [-0.39, 0.29) is 16.6 Å². The van der Waals surface area contributed by atoms with Gasteiger partial charge in [-0.2, -0.15) is 13.2 Å². The van der Waals surface area contributed by atoms with Gasteiger partial charge >= 0.3 is 6.18 Å². The molecule has 5 nitrogen and oxygen atoms in total. The van der Waals surface area contributed by atoms with Crippen molar-refractivity contribution in [1.82, 2.24) is 5.32 Å². The van der Waals surface area contributed by atoms with Crippen molar-refractivity contribution in [3.05, 3.63) is 93.5 Å². The molecule has 0 aliphatic heterocycles. The van der Waals surface area contributed by atoms with Gasteiger partial charge in [-0.25, -0.2) is 8.42 Å². The summed E-state index contributed by atoms with van der Waals surface area (Å²) in [6.07, 6.45) is -0.0264. The summed E-state index contributed by atoms with van der Waals surface area (Å²) in [7, 11) is -4.40. The number of carbonyl (C=O) groups is 1. The molecule has 208 valence electrons. The van der Waals surface area contributed by atoms with Crippen LogP contribution in [0.25, 0.3) is 0 Å². The van der Waals surface area contributed by atoms with Gasteiger partial charge in [-0.1, -0.05) is 54.4 Å². The molecular weight excluding hydrogens is 549 g/mol. The highest BCUT2D eigenvalue weighted by molar-refractivity contribution is 7.92. The molecule has 4 rings (SSSR count). The normalized spacial score (nSPS) is 14.4. The van der Waals surface area contributed by atoms with Crippen LogP contribution in [0.4, 0.5) is 18.9 Å². The first-order valence-electron chi connectivity index (χ1n) is 12.8. The molecule has 0 saturated carbocycles. The van der Waals surface area contributed by atoms with Crippen LogP contribution in [0.3, 0.4) is 0 Å². The summed E-state index contributed by atoms with van der Waals surface area (Å²) >= 11 is 5.78. The van der Waals surface area contributed by atoms with Gasteiger partial charge < -0.3 is 5.32 Å². The fourth-order valence-corrected chi connectivity index (χ4v) is 6.44. The molecule has 0 radical (unpaired) electrons. The van der Waals surface area contributed by atoms with Crippen LogP contribution in [0.2, 0.25) is 5.02 Å². The highest BCUT2D eigenvalue weighted by Crippen LogP contribution is 2.38. The number of amides is 1. The predicted molar refractivity (Wildman–Crippen MR) is 146 cm³/mol. The second-order valence-corrected chi connectivity index (χ2v) is 12.0. The van der Waals surface area contributed by atoms with Crippen molar-refractivity contribution in [3.63, 3.8) is 0 Å². The van der Waals surface area contributed by atoms with Crippen LogP contribution in [0, 0.1) is 6.92 Å². The van der Waals surface area contributed by atoms with E-state index in [0.29, 0.717) is 16.8 Å². The van der Waals surface area contributed by atoms with Crippen LogP contribution >= 0.6 is 11.6 Å². The van der Waals surface area contributed by atoms with Gasteiger partial charge in [0.05, 0.1) is 27.2 Å². The molecule has 1 atom stereocenters. The Hall–Kier alpha value is -3.04. The summed E-state index contributed by atoms with van der Waals surface area (Å²) in [6.45, 7) is 2.97. The molecule has 0 spiro atoms. The number of sulfonamides is 1. The van der Waals surface area contributed by atoms with E-state index in [1.807, 2.05) is 13.0 Å². The van der Waals surface area contributed by atoms with E-state index in [0.717, 1.165) is 48.9 Å². The smallest absolute Gasteiger partial charge is 0.348 e. The minimum atomic E-state index is -4.81. The number of alkyl halides is 3. The number of anilines is 1. The molecule has 0 bridgehead atoms. The summed E-state index contributed by atoms with van der Waals surface area (Å²) in [4.78, 5) is 13.1. The summed E-state index contributed by atoms with van der Waals surface area (Å²) in [5, 5.41) is 2.32. The Kier molecular flexibility index (Phi) is 8.61. The molecule has 0 heterocycles. The summed E-state index contributed by atoms with van der Waals surface area (Å²) in [5.74, 6) is -0.640. The SMILES string of the molecule is CCC(NC(=O)CN(c1ccc(Cl)c(C(F)(F)F)c1)S(=O)(=O)c1ccc(C)cc1)c1ccc2c(c1)CCCC2. The van der Waals surface area contributed by atoms with Gasteiger partial charge in [0.15, 0.2) is 0 Å². The van der Waals surface area contributed by atoms with E-state index in [1.165, 1.54) is 23.3 Å². The highest BCUT2D eigenvalue weighted by atomic mass is 35.5. The van der Waals surface area contributed by atoms with Crippen LogP contribution in [0.15, 0.2) is 65.6 Å². The number of rotatable bonds is 8. The van der Waals surface area contributed by atoms with Gasteiger partial charge in [0.2, 0.25) is 5.91 Å². The largest absolute Gasteiger partial charge is 0.417 e. The Morgan fingerprint density at radius 3 is 2.31 bits per heavy atom. The zero-order chi connectivity index (χ0) is 28.4. The van der Waals surface area contributed by atoms with Crippen LogP contribution in [0.1, 0.15) is 60.0 Å². The van der Waals surface area contributed by atoms with Crippen molar-refractivity contribution in [3.8, 4) is 0 Å². The maximum atomic E-state index is 13.6. The van der Waals surface area contributed by atoms with Crippen molar-refractivity contribution in [2.24, 2.45) is 0 Å². The van der Waals surface area contributed by atoms with Crippen LogP contribution < -0.4 is 9.62 Å². The molecule has 3 aromatic carbocycles. The van der Waals surface area contributed by atoms with E-state index in [9.17, 15) is 26.4 Å². The maximum Gasteiger partial charge on any atom is 0.417 e. The van der Waals surface area contributed by atoms with Gasteiger partial charge in [-0.15, -0.1) is 0 Å². The maximum absolute atomic E-state index is 13.6. The zero-order valence-corrected chi connectivity index (χ0v) is 23.3. The lowest BCUT2D eigenvalue weighted by atomic mass is 9.89. The standard InChI is InChI=1S/C29H30ClF3N2O3S/c1-3-27(22-11-10-20-6-4-5-7-21(20)16-22)34-28(36)18-35(39(37,38)24-13-8-19(2)9-14-24)23-12-15-26(30)25(17-23)29(31,32)33/h8-17,27H,3-7,18H2,1-2H3,(H,34,36). The lowest BCUT2D eigenvalue weighted by molar-refractivity contribution is -0.137. The Bertz CT molecular complexity index is 1460. The Labute approximate surface area is 232 Å². The third-order valence-corrected chi connectivity index (χ3v) is 9.08. The Balaban J connectivity index is 1.67. The van der Waals surface area contributed by atoms with Crippen molar-refractivity contribution >= 4 is 33.2 Å². The third-order valence-electron chi connectivity index (χ3n) is 6.96. The summed E-state index contributed by atoms with van der Waals surface area (Å²) in [5.41, 5.74) is 2.75. The van der Waals surface area contributed by atoms with Crippen molar-refractivity contribution in [2.45, 2.75) is 63.1 Å². The second kappa shape index (κ2) is 11.6. The first-order chi connectivity index (χ1) is 18.4. The number of halogens is 4. The molecule has 10 heteroatoms. The lowest BCUT2D eigenvalue weighted by Crippen LogP contribution is -2.42. The first-order valence-corrected chi connectivity index (χ1v) is 14.6. The summed E-state index contributed by atoms with van der Waals surface area (Å²) in [6, 6.07) is 14.4. The molecule has 0 saturated heterocycles. The minimum Gasteiger partial charge on any atom is -0.348 e. The molecule has 1 aliphatic rings. The topological polar surface area (TPSA) is 66.5 Å². The van der Waals surface area contributed by atoms with Crippen LogP contribution in [-0.2, 0) is 33.8 Å². The quantitative estimate of drug-likeness (QED) is 0.313. The average molecular weight is 579 g/mol. The van der Waals surface area contributed by atoms with Gasteiger partial charge in [0, 0.05) is 0 Å². The van der Waals surface area contributed by atoms with E-state index in [4.69, 9.17) is 11.6 Å². The highest BCUT2D eigenvalue weighted by Gasteiger charge is 2.35. The van der Waals surface area contributed by atoms with Gasteiger partial charge in [-0.3, -0.25) is 9.10 Å². The van der Waals surface area contributed by atoms with E-state index in [1.54, 1.807) is 19.1 Å². The van der Waals surface area contributed by atoms with E-state index < -0.39 is 39.2 Å². The molecule has 1 unspecified atom stereocenters. The van der Waals surface area contributed by atoms with Crippen molar-refractivity contribution < 1.29 is 26.4 Å². The number of aryl methyl sites for hydroxylation is 3. The number of hydrogen-bond donors (Lipinski definition) is 1. The minimum absolute atomic E-state index is 0.147. The van der Waals surface area contributed by atoms with E-state index in [2.05, 4.69) is 17.4 Å². The molecule has 1 amide bonds. The number of nitrogens with one attached hydrogen (secondary N) is 1. The number of hydrogen-bond acceptors (Lipinski definition) is 3. The number of benzene rings is 3. The fourth-order valence-electron chi connectivity index (χ4n) is 4.80. The molecule has 0 fully saturated rings. The second-order valence-electron chi connectivity index (χ2n) is 9.75. The molecular formula is C29H30ClF3N2O3S. The van der Waals surface area contributed by atoms with Crippen molar-refractivity contribution in [2.75, 3.05) is 10.8 Å². The number of carbonyl (C=O) groups excluding carboxylic acids is 1. The fraction of sp³-hybridized carbons (Fsp3) is 0.345. The Morgan fingerprint density at radius 1 is 1.00 bits per heavy atom. The lowest BCUT2D eigenvalue weighted by Gasteiger charge is -2.27. The molecule has 1 N–H and O–H groups in total. The molecule has 39 heavy (non-hydrogen) atoms. The monoisotopic (exact) mass is 578 g/mol. The van der Waals surface area contributed by atoms with Crippen LogP contribution in [0.5, 0.6) is 0 Å². The van der Waals surface area contributed by atoms with Crippen LogP contribution in [-0.4, -0.2) is 20.9 Å². The molecule has 1 aliphatic carbocycles. The third kappa shape index (κ3) is 6.58. The molecule has 3 aromatic rings. The first kappa shape index (κ1) is 29.0. The average Bonchev–Trinajstić information content (AvgIpc) is 2.90. The number of nitrogens with zero attached hydrogens (tertiary/aromatic N) is 1. The summed E-state index contributed by atoms with van der Waals surface area (Å²) < 4.78 is 68.8. The van der Waals surface area contributed by atoms with E-state index >= 15 is 0 Å². The van der Waals surface area contributed by atoms with Crippen molar-refractivity contribution in [1.29, 1.82) is 0 Å². The predicted octanol–water partition coefficient (Wildman–Crippen LogP) is 7.01.